The van der Waals surface area contributed by atoms with Gasteiger partial charge in [-0.3, -0.25) is 9.69 Å². The van der Waals surface area contributed by atoms with Gasteiger partial charge in [0.2, 0.25) is 0 Å². The number of benzene rings is 3. The van der Waals surface area contributed by atoms with Crippen LogP contribution in [0.3, 0.4) is 0 Å². The van der Waals surface area contributed by atoms with Gasteiger partial charge in [0, 0.05) is 49.4 Å². The van der Waals surface area contributed by atoms with Crippen LogP contribution in [0.1, 0.15) is 23.6 Å². The number of rotatable bonds is 3. The molecule has 1 aromatic heterocycles. The summed E-state index contributed by atoms with van der Waals surface area (Å²) in [4.78, 5) is 15.4. The van der Waals surface area contributed by atoms with E-state index in [0.29, 0.717) is 11.8 Å². The number of aromatic nitrogens is 1. The fourth-order valence-electron chi connectivity index (χ4n) is 5.69. The van der Waals surface area contributed by atoms with Crippen LogP contribution >= 0.6 is 0 Å². The Morgan fingerprint density at radius 3 is 2.45 bits per heavy atom. The molecule has 0 saturated carbocycles. The Bertz CT molecular complexity index is 1310. The van der Waals surface area contributed by atoms with Gasteiger partial charge in [-0.15, -0.1) is 0 Å². The Morgan fingerprint density at radius 1 is 0.774 bits per heavy atom. The summed E-state index contributed by atoms with van der Waals surface area (Å²) in [6, 6.07) is 29.7. The summed E-state index contributed by atoms with van der Waals surface area (Å²) in [6.07, 6.45) is 1.18. The molecule has 1 fully saturated rings. The van der Waals surface area contributed by atoms with Crippen LogP contribution in [0, 0.1) is 5.92 Å². The van der Waals surface area contributed by atoms with E-state index < -0.39 is 0 Å². The fourth-order valence-corrected chi connectivity index (χ4v) is 5.69. The third kappa shape index (κ3) is 3.39. The van der Waals surface area contributed by atoms with Crippen LogP contribution < -0.4 is 5.56 Å². The Hall–Kier alpha value is -3.17. The van der Waals surface area contributed by atoms with Crippen molar-refractivity contribution in [3.05, 3.63) is 107 Å². The molecule has 0 aliphatic carbocycles. The molecule has 1 saturated heterocycles. The second-order valence-corrected chi connectivity index (χ2v) is 9.12. The smallest absolute Gasteiger partial charge is 0.250 e. The van der Waals surface area contributed by atoms with Gasteiger partial charge < -0.3 is 4.57 Å². The quantitative estimate of drug-likeness (QED) is 0.462. The van der Waals surface area contributed by atoms with Gasteiger partial charge in [0.1, 0.15) is 0 Å². The van der Waals surface area contributed by atoms with Gasteiger partial charge in [-0.05, 0) is 46.4 Å². The molecule has 2 atom stereocenters. The molecule has 3 heteroatoms. The second-order valence-electron chi connectivity index (χ2n) is 9.12. The molecular formula is C28H26N2O. The second kappa shape index (κ2) is 7.51. The lowest BCUT2D eigenvalue weighted by Crippen LogP contribution is -2.47. The van der Waals surface area contributed by atoms with Gasteiger partial charge in [-0.1, -0.05) is 66.7 Å². The van der Waals surface area contributed by atoms with Crippen molar-refractivity contribution in [1.82, 2.24) is 9.47 Å². The summed E-state index contributed by atoms with van der Waals surface area (Å²) in [6.45, 7) is 3.89. The molecule has 31 heavy (non-hydrogen) atoms. The SMILES string of the molecule is O=c1ccc(-c2ccc3ccccc3c2)c2n1CC1CC2CN(Cc2ccccc2)C1. The minimum absolute atomic E-state index is 0.144. The van der Waals surface area contributed by atoms with Crippen molar-refractivity contribution in [2.45, 2.75) is 25.4 Å². The lowest BCUT2D eigenvalue weighted by atomic mass is 9.80. The zero-order valence-corrected chi connectivity index (χ0v) is 17.6. The van der Waals surface area contributed by atoms with Crippen LogP contribution in [0.25, 0.3) is 21.9 Å². The third-order valence-corrected chi connectivity index (χ3v) is 6.98. The number of pyridine rings is 1. The molecular weight excluding hydrogens is 380 g/mol. The number of fused-ring (bicyclic) bond motifs is 5. The van der Waals surface area contributed by atoms with Gasteiger partial charge in [0.15, 0.2) is 0 Å². The molecule has 3 heterocycles. The molecule has 3 nitrogen and oxygen atoms in total. The minimum atomic E-state index is 0.144. The summed E-state index contributed by atoms with van der Waals surface area (Å²) < 4.78 is 2.07. The van der Waals surface area contributed by atoms with E-state index in [1.54, 1.807) is 6.07 Å². The summed E-state index contributed by atoms with van der Waals surface area (Å²) in [5, 5.41) is 2.49. The predicted octanol–water partition coefficient (Wildman–Crippen LogP) is 5.29. The van der Waals surface area contributed by atoms with Crippen LogP contribution in [0.4, 0.5) is 0 Å². The largest absolute Gasteiger partial charge is 0.311 e. The normalized spacial score (nSPS) is 20.5. The molecule has 2 aliphatic heterocycles. The maximum Gasteiger partial charge on any atom is 0.250 e. The van der Waals surface area contributed by atoms with E-state index in [-0.39, 0.29) is 5.56 Å². The molecule has 6 rings (SSSR count). The Kier molecular flexibility index (Phi) is 4.50. The first-order valence-corrected chi connectivity index (χ1v) is 11.2. The maximum atomic E-state index is 12.8. The molecule has 2 bridgehead atoms. The molecule has 2 unspecified atom stereocenters. The monoisotopic (exact) mass is 406 g/mol. The molecule has 2 aliphatic rings. The summed E-state index contributed by atoms with van der Waals surface area (Å²) >= 11 is 0. The van der Waals surface area contributed by atoms with E-state index in [2.05, 4.69) is 88.3 Å². The first-order valence-electron chi connectivity index (χ1n) is 11.2. The zero-order chi connectivity index (χ0) is 20.8. The topological polar surface area (TPSA) is 25.2 Å². The highest BCUT2D eigenvalue weighted by atomic mass is 16.1. The predicted molar refractivity (Wildman–Crippen MR) is 126 cm³/mol. The Morgan fingerprint density at radius 2 is 1.58 bits per heavy atom. The van der Waals surface area contributed by atoms with Crippen molar-refractivity contribution in [3.8, 4) is 11.1 Å². The van der Waals surface area contributed by atoms with E-state index in [1.807, 2.05) is 0 Å². The summed E-state index contributed by atoms with van der Waals surface area (Å²) in [5.41, 5.74) is 5.17. The van der Waals surface area contributed by atoms with Crippen molar-refractivity contribution in [2.75, 3.05) is 13.1 Å². The van der Waals surface area contributed by atoms with Gasteiger partial charge >= 0.3 is 0 Å². The van der Waals surface area contributed by atoms with E-state index in [1.165, 1.54) is 39.6 Å². The van der Waals surface area contributed by atoms with Gasteiger partial charge in [0.05, 0.1) is 0 Å². The summed E-state index contributed by atoms with van der Waals surface area (Å²) in [7, 11) is 0. The molecule has 0 amide bonds. The number of likely N-dealkylation sites (tertiary alicyclic amines) is 1. The third-order valence-electron chi connectivity index (χ3n) is 6.98. The number of hydrogen-bond acceptors (Lipinski definition) is 2. The molecule has 4 aromatic rings. The summed E-state index contributed by atoms with van der Waals surface area (Å²) in [5.74, 6) is 0.936. The number of piperidine rings is 1. The van der Waals surface area contributed by atoms with Crippen LogP contribution in [0.15, 0.2) is 89.7 Å². The van der Waals surface area contributed by atoms with Crippen LogP contribution in [0.2, 0.25) is 0 Å². The van der Waals surface area contributed by atoms with Crippen LogP contribution in [0.5, 0.6) is 0 Å². The molecule has 0 radical (unpaired) electrons. The van der Waals surface area contributed by atoms with Gasteiger partial charge in [0.25, 0.3) is 5.56 Å². The Balaban J connectivity index is 1.40. The fraction of sp³-hybridized carbons (Fsp3) is 0.250. The first-order chi connectivity index (χ1) is 15.2. The van der Waals surface area contributed by atoms with Crippen molar-refractivity contribution < 1.29 is 0 Å². The average Bonchev–Trinajstić information content (AvgIpc) is 2.80. The molecule has 154 valence electrons. The van der Waals surface area contributed by atoms with Crippen molar-refractivity contribution in [2.24, 2.45) is 5.92 Å². The molecule has 0 N–H and O–H groups in total. The molecule has 3 aromatic carbocycles. The highest BCUT2D eigenvalue weighted by Crippen LogP contribution is 2.40. The van der Waals surface area contributed by atoms with E-state index in [9.17, 15) is 4.79 Å². The lowest BCUT2D eigenvalue weighted by Gasteiger charge is -2.43. The van der Waals surface area contributed by atoms with Crippen molar-refractivity contribution >= 4 is 10.8 Å². The highest BCUT2D eigenvalue weighted by molar-refractivity contribution is 5.87. The zero-order valence-electron chi connectivity index (χ0n) is 17.6. The minimum Gasteiger partial charge on any atom is -0.311 e. The van der Waals surface area contributed by atoms with Crippen LogP contribution in [-0.2, 0) is 13.1 Å². The first kappa shape index (κ1) is 18.6. The average molecular weight is 407 g/mol. The highest BCUT2D eigenvalue weighted by Gasteiger charge is 2.36. The van der Waals surface area contributed by atoms with E-state index in [0.717, 1.165) is 26.2 Å². The van der Waals surface area contributed by atoms with Crippen LogP contribution in [-0.4, -0.2) is 22.6 Å². The van der Waals surface area contributed by atoms with E-state index in [4.69, 9.17) is 0 Å². The number of nitrogens with zero attached hydrogens (tertiary/aromatic N) is 2. The maximum absolute atomic E-state index is 12.8. The van der Waals surface area contributed by atoms with Gasteiger partial charge in [-0.2, -0.15) is 0 Å². The number of hydrogen-bond donors (Lipinski definition) is 0. The van der Waals surface area contributed by atoms with Crippen molar-refractivity contribution in [1.29, 1.82) is 0 Å². The Labute approximate surface area is 182 Å². The molecule has 0 spiro atoms. The van der Waals surface area contributed by atoms with Gasteiger partial charge in [-0.25, -0.2) is 0 Å². The lowest BCUT2D eigenvalue weighted by molar-refractivity contribution is 0.115. The van der Waals surface area contributed by atoms with Crippen molar-refractivity contribution in [3.63, 3.8) is 0 Å². The van der Waals surface area contributed by atoms with E-state index >= 15 is 0 Å². The standard InChI is InChI=1S/C28H26N2O/c31-27-13-12-26(24-11-10-22-8-4-5-9-23(22)15-24)28-25-14-21(18-30(27)28)17-29(19-25)16-20-6-2-1-3-7-20/h1-13,15,21,25H,14,16-19H2.